The van der Waals surface area contributed by atoms with Crippen LogP contribution in [0, 0.1) is 99.1 Å². The minimum absolute atomic E-state index is 0.00284. The quantitative estimate of drug-likeness (QED) is 0.0137. The maximum absolute atomic E-state index is 12.8. The Bertz CT molecular complexity index is 4370. The SMILES string of the molecule is C=C(C)C(=O)OC1(C(C)C)C2CC3CC(C2)CC1C3.C=C(C)C(=O)OCC(=O)OC1C2CC3C1OS(=O)(=O)C3C2.C=C(C)C(=O)OCC(F)(F)S(=O)(=O)[O-].CCC(C)(C)C(=O)OC1(C(C)C)C2CC3CC(C2)CC1C3.CCC(C)(C)C(=O)OCC(=O)OC1C2CC3C1OS(=O)(=O)C3C2.CCC(C)(C)C(=O)OCCS(=O)(=O)[O-].CCCC[S+](CCCC)CCCC.CCCC[S+](CCCC)CCCC. The number of unbranched alkanes of at least 4 members (excludes halogenated alkanes) is 6. The summed E-state index contributed by atoms with van der Waals surface area (Å²) in [5.74, 6) is 10.8. The van der Waals surface area contributed by atoms with Crippen LogP contribution in [-0.4, -0.2) is 209 Å². The summed E-state index contributed by atoms with van der Waals surface area (Å²) in [6.45, 7) is 51.1. The third-order valence-electron chi connectivity index (χ3n) is 30.6. The maximum atomic E-state index is 12.8. The molecule has 0 aromatic carbocycles. The van der Waals surface area contributed by atoms with Gasteiger partial charge in [-0.25, -0.2) is 40.8 Å². The van der Waals surface area contributed by atoms with E-state index in [9.17, 15) is 89.9 Å². The summed E-state index contributed by atoms with van der Waals surface area (Å²) in [7, 11) is -15.6. The molecule has 2 aliphatic heterocycles. The predicted molar refractivity (Wildman–Crippen MR) is 532 cm³/mol. The smallest absolute Gasteiger partial charge is 0.367 e. The number of fused-ring (bicyclic) bond motifs is 2. The van der Waals surface area contributed by atoms with Gasteiger partial charge in [0.25, 0.3) is 20.2 Å². The van der Waals surface area contributed by atoms with Gasteiger partial charge in [-0.05, 0) is 291 Å². The Balaban J connectivity index is 0.000000281. The van der Waals surface area contributed by atoms with Crippen molar-refractivity contribution in [3.63, 3.8) is 0 Å². The van der Waals surface area contributed by atoms with Gasteiger partial charge in [0.15, 0.2) is 29.9 Å². The van der Waals surface area contributed by atoms with Crippen LogP contribution in [0.15, 0.2) is 36.5 Å². The van der Waals surface area contributed by atoms with Gasteiger partial charge < -0.3 is 47.0 Å². The Kier molecular flexibility index (Phi) is 48.9. The minimum Gasteiger partial charge on any atom is -0.748 e. The number of halogens is 2. The first-order valence-corrected chi connectivity index (χ1v) is 60.4. The summed E-state index contributed by atoms with van der Waals surface area (Å²) in [4.78, 5) is 93.4. The van der Waals surface area contributed by atoms with E-state index in [0.29, 0.717) is 79.6 Å². The lowest BCUT2D eigenvalue weighted by Crippen LogP contribution is -2.63. The molecule has 12 aliphatic carbocycles. The second kappa shape index (κ2) is 54.6. The summed E-state index contributed by atoms with van der Waals surface area (Å²) in [6, 6.07) is 0. The zero-order valence-corrected chi connectivity index (χ0v) is 92.0. The number of carbonyl (C=O) groups excluding carboxylic acids is 8. The van der Waals surface area contributed by atoms with E-state index in [0.717, 1.165) is 51.9 Å². The Labute approximate surface area is 832 Å². The maximum Gasteiger partial charge on any atom is 0.367 e. The van der Waals surface area contributed by atoms with E-state index in [-0.39, 0.29) is 70.0 Å². The van der Waals surface area contributed by atoms with Crippen molar-refractivity contribution in [1.29, 1.82) is 0 Å². The second-order valence-electron chi connectivity index (χ2n) is 43.1. The molecule has 2 saturated heterocycles. The summed E-state index contributed by atoms with van der Waals surface area (Å²) in [5.41, 5.74) is -1.46. The molecule has 798 valence electrons. The fraction of sp³-hybridized carbons (Fsp3) is 0.863. The van der Waals surface area contributed by atoms with Gasteiger partial charge in [-0.3, -0.25) is 22.7 Å². The number of carbonyl (C=O) groups is 8. The van der Waals surface area contributed by atoms with Crippen molar-refractivity contribution in [2.24, 2.45) is 99.1 Å². The highest BCUT2D eigenvalue weighted by atomic mass is 32.2. The second-order valence-corrected chi connectivity index (χ2v) is 54.6. The van der Waals surface area contributed by atoms with E-state index in [2.05, 4.69) is 105 Å². The third-order valence-corrected chi connectivity index (χ3v) is 40.8. The van der Waals surface area contributed by atoms with E-state index in [1.807, 2.05) is 27.7 Å². The lowest BCUT2D eigenvalue weighted by atomic mass is 9.47. The van der Waals surface area contributed by atoms with Crippen molar-refractivity contribution >= 4 is 110 Å². The Morgan fingerprint density at radius 3 is 1.01 bits per heavy atom. The molecular weight excluding hydrogens is 1900 g/mol. The van der Waals surface area contributed by atoms with Gasteiger partial charge in [-0.1, -0.05) is 148 Å². The highest BCUT2D eigenvalue weighted by Gasteiger charge is 2.68. The first kappa shape index (κ1) is 124. The Morgan fingerprint density at radius 1 is 0.428 bits per heavy atom. The number of alkyl halides is 2. The van der Waals surface area contributed by atoms with Crippen LogP contribution < -0.4 is 0 Å². The van der Waals surface area contributed by atoms with Gasteiger partial charge in [-0.2, -0.15) is 25.6 Å². The van der Waals surface area contributed by atoms with Gasteiger partial charge in [0.05, 0.1) is 42.6 Å². The van der Waals surface area contributed by atoms with Crippen LogP contribution in [0.3, 0.4) is 0 Å². The van der Waals surface area contributed by atoms with Gasteiger partial charge in [-0.15, -0.1) is 0 Å². The molecule has 10 unspecified atom stereocenters. The normalized spacial score (nSPS) is 28.9. The molecule has 12 saturated carbocycles. The molecule has 0 amide bonds. The van der Waals surface area contributed by atoms with Crippen molar-refractivity contribution in [2.75, 3.05) is 66.7 Å². The number of rotatable bonds is 43. The highest BCUT2D eigenvalue weighted by Crippen LogP contribution is 2.64. The van der Waals surface area contributed by atoms with E-state index in [4.69, 9.17) is 36.8 Å². The van der Waals surface area contributed by atoms with Gasteiger partial charge in [0, 0.05) is 40.4 Å². The van der Waals surface area contributed by atoms with Crippen LogP contribution in [0.2, 0.25) is 0 Å². The monoisotopic (exact) mass is 2080 g/mol. The lowest BCUT2D eigenvalue weighted by Gasteiger charge is -2.62. The van der Waals surface area contributed by atoms with Crippen LogP contribution >= 0.6 is 0 Å². The van der Waals surface area contributed by atoms with Gasteiger partial charge >= 0.3 is 53.0 Å². The largest absolute Gasteiger partial charge is 0.748 e. The molecule has 0 radical (unpaired) electrons. The van der Waals surface area contributed by atoms with Crippen LogP contribution in [0.5, 0.6) is 0 Å². The molecule has 0 spiro atoms. The zero-order valence-electron chi connectivity index (χ0n) is 87.1. The average molecular weight is 2080 g/mol. The van der Waals surface area contributed by atoms with E-state index in [1.54, 1.807) is 34.6 Å². The number of esters is 8. The predicted octanol–water partition coefficient (Wildman–Crippen LogP) is 18.7. The topological polar surface area (TPSA) is 412 Å². The first-order chi connectivity index (χ1) is 64.1. The molecule has 0 aromatic heterocycles. The van der Waals surface area contributed by atoms with E-state index >= 15 is 0 Å². The number of ether oxygens (including phenoxy) is 8. The molecule has 0 N–H and O–H groups in total. The van der Waals surface area contributed by atoms with Crippen LogP contribution in [-0.2, 0) is 147 Å². The van der Waals surface area contributed by atoms with Crippen molar-refractivity contribution in [3.8, 4) is 0 Å². The van der Waals surface area contributed by atoms with Crippen molar-refractivity contribution in [1.82, 2.24) is 0 Å². The fourth-order valence-corrected chi connectivity index (χ4v) is 31.4. The fourth-order valence-electron chi connectivity index (χ4n) is 21.8. The molecule has 0 aromatic rings. The van der Waals surface area contributed by atoms with Crippen molar-refractivity contribution in [2.45, 2.75) is 390 Å². The first-order valence-electron chi connectivity index (χ1n) is 51.0. The molecule has 10 atom stereocenters. The number of hydrogen-bond acceptors (Lipinski definition) is 28. The van der Waals surface area contributed by atoms with E-state index < -0.39 is 153 Å². The highest BCUT2D eigenvalue weighted by molar-refractivity contribution is 7.97. The molecule has 14 aliphatic rings. The van der Waals surface area contributed by atoms with Crippen LogP contribution in [0.25, 0.3) is 0 Å². The molecule has 14 rings (SSSR count). The van der Waals surface area contributed by atoms with Crippen molar-refractivity contribution < 1.29 is 136 Å². The van der Waals surface area contributed by atoms with Crippen molar-refractivity contribution in [3.05, 3.63) is 36.5 Å². The third kappa shape index (κ3) is 34.4. The zero-order chi connectivity index (χ0) is 104. The minimum atomic E-state index is -5.81. The molecule has 28 nitrogen and oxygen atoms in total. The average Bonchev–Trinajstić information content (AvgIpc) is 1.25. The summed E-state index contributed by atoms with van der Waals surface area (Å²) in [6.07, 6.45) is 32.2. The molecular formula is C102H172F2O28S6. The Hall–Kier alpha value is -4.82. The molecule has 14 fully saturated rings. The molecule has 12 bridgehead atoms. The summed E-state index contributed by atoms with van der Waals surface area (Å²) < 4.78 is 184. The molecule has 138 heavy (non-hydrogen) atoms. The van der Waals surface area contributed by atoms with Crippen LogP contribution in [0.4, 0.5) is 8.78 Å². The molecule has 2 heterocycles. The molecule has 36 heteroatoms. The standard InChI is InChI=1S/C19H32O2.C17H26O2.C15H22O7S.C13H16O7S.2C12H27S.C8H16O5S.C6H8F2O5S/c1-6-18(4,5)17(20)21-19(12(2)3)15-8-13-7-14(10-15)11-16(19)9-13;1-10(2)16(18)19-17(11(3)4)14-6-12-5-13(8-14)9-15(17)7-12;1-4-15(2,3)14(17)20-7-11(16)21-12-8-5-9-10(6-8)23(18,19)22-13(9)12;1-6(2)13(15)18-5-10(14)19-11-7-3-8-9(4-7)21(16,17)20-12(8)11;2*1-4-7-10-13(11-8-5-2)12-9-6-3;1-4-8(2,3)7(9)13-5-6-14(10,11)12;1-4(2)5(9)13-3-6(7,8)14(10,11)12/h12-16H,6-11H2,1-5H3;11-15H,1,5-9H2,2-4H3;8-10,12-13H,4-7H2,1-3H3;7-9,11-12H,1,3-5H2,2H3;2*4-12H2,1-3H3;4-6H2,1-3H3,(H,10,11,12);1,3H2,2H3,(H,10,11,12)/q;;;;2*+1;;/p-2. The number of hydrogen-bond donors (Lipinski definition) is 0. The van der Waals surface area contributed by atoms with Gasteiger partial charge in [0.1, 0.15) is 76.7 Å². The summed E-state index contributed by atoms with van der Waals surface area (Å²) >= 11 is 0. The Morgan fingerprint density at radius 2 is 0.725 bits per heavy atom. The van der Waals surface area contributed by atoms with Crippen LogP contribution in [0.1, 0.15) is 339 Å². The lowest BCUT2D eigenvalue weighted by molar-refractivity contribution is -0.231. The van der Waals surface area contributed by atoms with E-state index in [1.165, 1.54) is 190 Å². The van der Waals surface area contributed by atoms with Gasteiger partial charge in [0.2, 0.25) is 0 Å². The summed E-state index contributed by atoms with van der Waals surface area (Å²) in [5, 5.41) is -5.52.